The molecule has 0 bridgehead atoms. The van der Waals surface area contributed by atoms with Crippen LogP contribution < -0.4 is 0 Å². The minimum absolute atomic E-state index is 0.0121. The van der Waals surface area contributed by atoms with Crippen LogP contribution in [-0.4, -0.2) is 29.4 Å². The molecule has 3 atom stereocenters. The van der Waals surface area contributed by atoms with E-state index in [1.807, 2.05) is 55.9 Å². The summed E-state index contributed by atoms with van der Waals surface area (Å²) >= 11 is 1.91. The number of benzene rings is 1. The molecular formula is C33H59O6PS. The van der Waals surface area contributed by atoms with Crippen molar-refractivity contribution in [2.24, 2.45) is 0 Å². The Balaban J connectivity index is 2.59. The van der Waals surface area contributed by atoms with E-state index in [0.717, 1.165) is 24.2 Å². The standard InChI is InChI=1S/C33H59O6PS/c1-5-8-10-12-14-16-18-23-28-41-32(26-22-17-15-13-11-9-6-2)30(4)38-39-33(34)40(35,36-27-7-3)37-29-31-24-20-19-21-25-31/h19-21,24-25,30,32H,5-18,22-23,26-29H2,1-4H3. The highest BCUT2D eigenvalue weighted by atomic mass is 32.2. The van der Waals surface area contributed by atoms with Gasteiger partial charge in [0.1, 0.15) is 6.10 Å². The Kier molecular flexibility index (Phi) is 23.9. The van der Waals surface area contributed by atoms with Crippen molar-refractivity contribution in [2.75, 3.05) is 12.4 Å². The van der Waals surface area contributed by atoms with E-state index in [2.05, 4.69) is 13.8 Å². The molecule has 1 aromatic rings. The van der Waals surface area contributed by atoms with Gasteiger partial charge in [0, 0.05) is 5.25 Å². The lowest BCUT2D eigenvalue weighted by Crippen LogP contribution is -2.25. The fourth-order valence-electron chi connectivity index (χ4n) is 4.54. The number of thioether (sulfide) groups is 1. The van der Waals surface area contributed by atoms with Crippen molar-refractivity contribution < 1.29 is 28.2 Å². The van der Waals surface area contributed by atoms with Crippen molar-refractivity contribution in [1.29, 1.82) is 0 Å². The molecule has 0 aromatic heterocycles. The highest BCUT2D eigenvalue weighted by Gasteiger charge is 2.39. The zero-order valence-electron chi connectivity index (χ0n) is 26.5. The van der Waals surface area contributed by atoms with Gasteiger partial charge in [0.25, 0.3) is 0 Å². The lowest BCUT2D eigenvalue weighted by atomic mass is 10.1. The first-order chi connectivity index (χ1) is 20.0. The van der Waals surface area contributed by atoms with Crippen LogP contribution in [0.5, 0.6) is 0 Å². The second kappa shape index (κ2) is 25.6. The van der Waals surface area contributed by atoms with E-state index in [-0.39, 0.29) is 24.6 Å². The molecule has 1 aromatic carbocycles. The van der Waals surface area contributed by atoms with Crippen molar-refractivity contribution in [3.8, 4) is 0 Å². The molecule has 0 fully saturated rings. The monoisotopic (exact) mass is 614 g/mol. The normalized spacial score (nSPS) is 14.4. The Morgan fingerprint density at radius 1 is 0.756 bits per heavy atom. The van der Waals surface area contributed by atoms with Crippen LogP contribution in [0, 0.1) is 0 Å². The predicted molar refractivity (Wildman–Crippen MR) is 174 cm³/mol. The number of hydrogen-bond donors (Lipinski definition) is 0. The lowest BCUT2D eigenvalue weighted by molar-refractivity contribution is -0.262. The molecule has 0 aliphatic heterocycles. The molecule has 6 nitrogen and oxygen atoms in total. The van der Waals surface area contributed by atoms with Crippen LogP contribution >= 0.6 is 19.4 Å². The first-order valence-electron chi connectivity index (χ1n) is 16.4. The summed E-state index contributed by atoms with van der Waals surface area (Å²) in [4.78, 5) is 23.6. The van der Waals surface area contributed by atoms with Crippen molar-refractivity contribution in [1.82, 2.24) is 0 Å². The Hall–Kier alpha value is -0.850. The van der Waals surface area contributed by atoms with Crippen LogP contribution in [0.25, 0.3) is 0 Å². The highest BCUT2D eigenvalue weighted by molar-refractivity contribution is 7.99. The average molecular weight is 615 g/mol. The molecule has 0 aliphatic rings. The maximum atomic E-state index is 13.3. The van der Waals surface area contributed by atoms with E-state index in [0.29, 0.717) is 6.42 Å². The summed E-state index contributed by atoms with van der Waals surface area (Å²) in [6.07, 6.45) is 20.5. The number of hydrogen-bond acceptors (Lipinski definition) is 7. The third-order valence-electron chi connectivity index (χ3n) is 7.15. The van der Waals surface area contributed by atoms with Gasteiger partial charge in [-0.15, -0.1) is 0 Å². The van der Waals surface area contributed by atoms with Crippen molar-refractivity contribution in [3.05, 3.63) is 35.9 Å². The maximum Gasteiger partial charge on any atom is 0.452 e. The Labute approximate surface area is 255 Å². The second-order valence-electron chi connectivity index (χ2n) is 11.0. The molecule has 0 saturated heterocycles. The minimum atomic E-state index is -4.16. The summed E-state index contributed by atoms with van der Waals surface area (Å²) in [6.45, 7) is 8.43. The van der Waals surface area contributed by atoms with Gasteiger partial charge in [-0.25, -0.2) is 9.36 Å². The third-order valence-corrected chi connectivity index (χ3v) is 10.2. The van der Waals surface area contributed by atoms with Crippen LogP contribution in [0.15, 0.2) is 30.3 Å². The fourth-order valence-corrected chi connectivity index (χ4v) is 7.02. The molecule has 41 heavy (non-hydrogen) atoms. The molecule has 3 unspecified atom stereocenters. The van der Waals surface area contributed by atoms with Gasteiger partial charge in [0.05, 0.1) is 13.2 Å². The quantitative estimate of drug-likeness (QED) is 0.0402. The molecule has 0 aliphatic carbocycles. The van der Waals surface area contributed by atoms with Crippen LogP contribution in [0.4, 0.5) is 4.79 Å². The molecule has 0 radical (unpaired) electrons. The summed E-state index contributed by atoms with van der Waals surface area (Å²) in [7, 11) is -4.16. The van der Waals surface area contributed by atoms with Crippen molar-refractivity contribution in [2.45, 2.75) is 155 Å². The Morgan fingerprint density at radius 2 is 1.32 bits per heavy atom. The minimum Gasteiger partial charge on any atom is -0.301 e. The maximum absolute atomic E-state index is 13.3. The highest BCUT2D eigenvalue weighted by Crippen LogP contribution is 2.51. The van der Waals surface area contributed by atoms with Crippen molar-refractivity contribution >= 4 is 25.1 Å². The summed E-state index contributed by atoms with van der Waals surface area (Å²) in [5.74, 6) is 1.07. The largest absolute Gasteiger partial charge is 0.452 e. The SMILES string of the molecule is CCCCCCCCCCSC(CCCCCCCCC)C(C)OOC(=O)P(=O)(OCCC)OCc1ccccc1. The van der Waals surface area contributed by atoms with Crippen LogP contribution in [-0.2, 0) is 30.0 Å². The topological polar surface area (TPSA) is 71.1 Å². The summed E-state index contributed by atoms with van der Waals surface area (Å²) in [5.41, 5.74) is -0.293. The van der Waals surface area contributed by atoms with Crippen molar-refractivity contribution in [3.63, 3.8) is 0 Å². The van der Waals surface area contributed by atoms with Crippen LogP contribution in [0.2, 0.25) is 0 Å². The van der Waals surface area contributed by atoms with E-state index in [4.69, 9.17) is 18.8 Å². The van der Waals surface area contributed by atoms with Gasteiger partial charge >= 0.3 is 13.3 Å². The molecule has 0 saturated carbocycles. The van der Waals surface area contributed by atoms with Gasteiger partial charge in [-0.1, -0.05) is 141 Å². The average Bonchev–Trinajstić information content (AvgIpc) is 2.99. The van der Waals surface area contributed by atoms with E-state index in [1.54, 1.807) is 0 Å². The number of carbonyl (C=O) groups is 1. The third kappa shape index (κ3) is 19.1. The van der Waals surface area contributed by atoms with Crippen LogP contribution in [0.1, 0.15) is 142 Å². The van der Waals surface area contributed by atoms with Crippen LogP contribution in [0.3, 0.4) is 0 Å². The first kappa shape index (κ1) is 38.2. The number of carbonyl (C=O) groups excluding carboxylic acids is 1. The lowest BCUT2D eigenvalue weighted by Gasteiger charge is -2.23. The smallest absolute Gasteiger partial charge is 0.301 e. The molecule has 0 N–H and O–H groups in total. The van der Waals surface area contributed by atoms with Gasteiger partial charge in [0.15, 0.2) is 0 Å². The van der Waals surface area contributed by atoms with Gasteiger partial charge in [0.2, 0.25) is 0 Å². The van der Waals surface area contributed by atoms with E-state index >= 15 is 0 Å². The molecule has 0 amide bonds. The number of unbranched alkanes of at least 4 members (excludes halogenated alkanes) is 13. The predicted octanol–water partition coefficient (Wildman–Crippen LogP) is 11.7. The summed E-state index contributed by atoms with van der Waals surface area (Å²) < 4.78 is 24.2. The molecule has 1 rings (SSSR count). The van der Waals surface area contributed by atoms with Gasteiger partial charge in [-0.05, 0) is 37.5 Å². The molecule has 238 valence electrons. The first-order valence-corrected chi connectivity index (χ1v) is 19.0. The molecular weight excluding hydrogens is 555 g/mol. The van der Waals surface area contributed by atoms with Gasteiger partial charge in [-0.3, -0.25) is 9.41 Å². The molecule has 0 heterocycles. The second-order valence-corrected chi connectivity index (χ2v) is 14.3. The number of rotatable bonds is 28. The Bertz CT molecular complexity index is 793. The zero-order valence-corrected chi connectivity index (χ0v) is 28.2. The van der Waals surface area contributed by atoms with Gasteiger partial charge in [-0.2, -0.15) is 16.6 Å². The fraction of sp³-hybridized carbons (Fsp3) is 0.788. The summed E-state index contributed by atoms with van der Waals surface area (Å²) in [5, 5.41) is 0.198. The van der Waals surface area contributed by atoms with Gasteiger partial charge < -0.3 is 4.52 Å². The molecule has 0 spiro atoms. The van der Waals surface area contributed by atoms with E-state index < -0.39 is 13.3 Å². The van der Waals surface area contributed by atoms with E-state index in [9.17, 15) is 9.36 Å². The Morgan fingerprint density at radius 3 is 1.90 bits per heavy atom. The zero-order chi connectivity index (χ0) is 30.0. The van der Waals surface area contributed by atoms with E-state index in [1.165, 1.54) is 89.9 Å². The molecule has 8 heteroatoms. The summed E-state index contributed by atoms with van der Waals surface area (Å²) in [6, 6.07) is 9.28.